The standard InChI is InChI=1S/C16H23N3O2.HI/c1-4-11-21-15-7-5-14(6-8-15)9-10-18-16(17)19-13(2)12-20-3;/h1,5-8,13H,9-12H2,2-3H3,(H3,17,18,19);1H. The third-order valence-corrected chi connectivity index (χ3v) is 2.74. The highest BCUT2D eigenvalue weighted by Gasteiger charge is 2.01. The summed E-state index contributed by atoms with van der Waals surface area (Å²) in [5.41, 5.74) is 6.96. The topological polar surface area (TPSA) is 68.9 Å². The molecular weight excluding hydrogens is 393 g/mol. The third-order valence-electron chi connectivity index (χ3n) is 2.74. The molecule has 0 saturated heterocycles. The Morgan fingerprint density at radius 3 is 2.68 bits per heavy atom. The van der Waals surface area contributed by atoms with Gasteiger partial charge in [0.1, 0.15) is 12.4 Å². The molecule has 1 aromatic rings. The van der Waals surface area contributed by atoms with Gasteiger partial charge < -0.3 is 20.5 Å². The Morgan fingerprint density at radius 2 is 2.09 bits per heavy atom. The highest BCUT2D eigenvalue weighted by molar-refractivity contribution is 14.0. The lowest BCUT2D eigenvalue weighted by Gasteiger charge is -2.13. The van der Waals surface area contributed by atoms with Crippen molar-refractivity contribution >= 4 is 29.9 Å². The minimum absolute atomic E-state index is 0. The Morgan fingerprint density at radius 1 is 1.41 bits per heavy atom. The molecule has 0 aliphatic heterocycles. The van der Waals surface area contributed by atoms with Gasteiger partial charge in [0.25, 0.3) is 0 Å². The number of hydrogen-bond acceptors (Lipinski definition) is 3. The number of guanidine groups is 1. The number of terminal acetylenes is 1. The number of rotatable bonds is 8. The predicted molar refractivity (Wildman–Crippen MR) is 101 cm³/mol. The van der Waals surface area contributed by atoms with Crippen LogP contribution in [0.25, 0.3) is 0 Å². The number of nitrogens with two attached hydrogens (primary N) is 1. The minimum Gasteiger partial charge on any atom is -0.481 e. The van der Waals surface area contributed by atoms with Crippen molar-refractivity contribution < 1.29 is 9.47 Å². The first kappa shape index (κ1) is 20.5. The Labute approximate surface area is 149 Å². The van der Waals surface area contributed by atoms with Gasteiger partial charge in [0.2, 0.25) is 0 Å². The third kappa shape index (κ3) is 8.74. The van der Waals surface area contributed by atoms with Crippen LogP contribution in [0.3, 0.4) is 0 Å². The van der Waals surface area contributed by atoms with Crippen molar-refractivity contribution in [3.05, 3.63) is 29.8 Å². The zero-order chi connectivity index (χ0) is 15.5. The van der Waals surface area contributed by atoms with E-state index in [1.54, 1.807) is 7.11 Å². The van der Waals surface area contributed by atoms with Crippen LogP contribution in [0, 0.1) is 12.3 Å². The average Bonchev–Trinajstić information content (AvgIpc) is 2.46. The molecule has 0 aliphatic carbocycles. The second-order valence-corrected chi connectivity index (χ2v) is 4.65. The molecule has 0 fully saturated rings. The van der Waals surface area contributed by atoms with Crippen molar-refractivity contribution in [2.45, 2.75) is 19.4 Å². The lowest BCUT2D eigenvalue weighted by Crippen LogP contribution is -2.40. The summed E-state index contributed by atoms with van der Waals surface area (Å²) in [5.74, 6) is 3.64. The quantitative estimate of drug-likeness (QED) is 0.293. The van der Waals surface area contributed by atoms with Gasteiger partial charge >= 0.3 is 0 Å². The van der Waals surface area contributed by atoms with Crippen molar-refractivity contribution in [3.63, 3.8) is 0 Å². The number of benzene rings is 1. The summed E-state index contributed by atoms with van der Waals surface area (Å²) in [6, 6.07) is 7.94. The Bertz CT molecular complexity index is 483. The maximum absolute atomic E-state index is 5.79. The first-order valence-electron chi connectivity index (χ1n) is 6.86. The number of nitrogens with one attached hydrogen (secondary N) is 1. The maximum Gasteiger partial charge on any atom is 0.188 e. The zero-order valence-electron chi connectivity index (χ0n) is 13.0. The molecule has 0 bridgehead atoms. The molecule has 6 heteroatoms. The van der Waals surface area contributed by atoms with Crippen molar-refractivity contribution in [2.75, 3.05) is 26.9 Å². The highest BCUT2D eigenvalue weighted by atomic mass is 127. The number of halogens is 1. The van der Waals surface area contributed by atoms with Gasteiger partial charge in [0, 0.05) is 19.7 Å². The van der Waals surface area contributed by atoms with E-state index in [0.717, 1.165) is 12.2 Å². The van der Waals surface area contributed by atoms with Crippen molar-refractivity contribution in [2.24, 2.45) is 10.7 Å². The first-order valence-corrected chi connectivity index (χ1v) is 6.86. The summed E-state index contributed by atoms with van der Waals surface area (Å²) in [4.78, 5) is 4.28. The molecule has 0 aliphatic rings. The molecule has 1 unspecified atom stereocenters. The smallest absolute Gasteiger partial charge is 0.188 e. The Hall–Kier alpha value is -1.46. The van der Waals surface area contributed by atoms with E-state index in [1.807, 2.05) is 31.2 Å². The lowest BCUT2D eigenvalue weighted by molar-refractivity contribution is 0.179. The zero-order valence-corrected chi connectivity index (χ0v) is 15.4. The van der Waals surface area contributed by atoms with Crippen LogP contribution in [0.1, 0.15) is 12.5 Å². The second kappa shape index (κ2) is 12.1. The van der Waals surface area contributed by atoms with Gasteiger partial charge in [0.15, 0.2) is 5.96 Å². The number of nitrogens with zero attached hydrogens (tertiary/aromatic N) is 1. The second-order valence-electron chi connectivity index (χ2n) is 4.65. The van der Waals surface area contributed by atoms with Gasteiger partial charge in [0.05, 0.1) is 6.61 Å². The molecule has 3 N–H and O–H groups in total. The van der Waals surface area contributed by atoms with E-state index < -0.39 is 0 Å². The molecule has 122 valence electrons. The highest BCUT2D eigenvalue weighted by Crippen LogP contribution is 2.12. The number of ether oxygens (including phenoxy) is 2. The summed E-state index contributed by atoms with van der Waals surface area (Å²) < 4.78 is 10.3. The molecule has 22 heavy (non-hydrogen) atoms. The molecule has 0 aromatic heterocycles. The normalized spacial score (nSPS) is 12.0. The summed E-state index contributed by atoms with van der Waals surface area (Å²) in [6.45, 7) is 3.49. The Kier molecular flexibility index (Phi) is 11.3. The van der Waals surface area contributed by atoms with Gasteiger partial charge in [-0.15, -0.1) is 30.4 Å². The summed E-state index contributed by atoms with van der Waals surface area (Å²) >= 11 is 0. The maximum atomic E-state index is 5.79. The molecule has 0 heterocycles. The van der Waals surface area contributed by atoms with Gasteiger partial charge in [-0.25, -0.2) is 0 Å². The van der Waals surface area contributed by atoms with Crippen LogP contribution in [-0.2, 0) is 11.2 Å². The van der Waals surface area contributed by atoms with Gasteiger partial charge in [-0.05, 0) is 31.0 Å². The van der Waals surface area contributed by atoms with Crippen LogP contribution in [0.15, 0.2) is 29.3 Å². The van der Waals surface area contributed by atoms with E-state index in [-0.39, 0.29) is 36.6 Å². The van der Waals surface area contributed by atoms with Crippen molar-refractivity contribution in [3.8, 4) is 18.1 Å². The average molecular weight is 417 g/mol. The van der Waals surface area contributed by atoms with Gasteiger partial charge in [-0.3, -0.25) is 4.99 Å². The molecular formula is C16H24IN3O2. The van der Waals surface area contributed by atoms with Crippen molar-refractivity contribution in [1.29, 1.82) is 0 Å². The van der Waals surface area contributed by atoms with Crippen LogP contribution in [0.5, 0.6) is 5.75 Å². The predicted octanol–water partition coefficient (Wildman–Crippen LogP) is 1.80. The SMILES string of the molecule is C#CCOc1ccc(CCN=C(N)NC(C)COC)cc1.I. The van der Waals surface area contributed by atoms with Gasteiger partial charge in [-0.2, -0.15) is 0 Å². The molecule has 5 nitrogen and oxygen atoms in total. The van der Waals surface area contributed by atoms with E-state index >= 15 is 0 Å². The fourth-order valence-electron chi connectivity index (χ4n) is 1.77. The van der Waals surface area contributed by atoms with Crippen LogP contribution < -0.4 is 15.8 Å². The molecule has 1 aromatic carbocycles. The van der Waals surface area contributed by atoms with E-state index in [2.05, 4.69) is 16.2 Å². The first-order chi connectivity index (χ1) is 10.2. The summed E-state index contributed by atoms with van der Waals surface area (Å²) in [5, 5.41) is 3.06. The van der Waals surface area contributed by atoms with Gasteiger partial charge in [-0.1, -0.05) is 18.1 Å². The van der Waals surface area contributed by atoms with E-state index in [4.69, 9.17) is 21.6 Å². The Balaban J connectivity index is 0.00000441. The largest absolute Gasteiger partial charge is 0.481 e. The molecule has 0 saturated carbocycles. The fraction of sp³-hybridized carbons (Fsp3) is 0.438. The molecule has 1 atom stereocenters. The van der Waals surface area contributed by atoms with Crippen molar-refractivity contribution in [1.82, 2.24) is 5.32 Å². The number of methoxy groups -OCH3 is 1. The molecule has 0 amide bonds. The summed E-state index contributed by atoms with van der Waals surface area (Å²) in [7, 11) is 1.66. The van der Waals surface area contributed by atoms with E-state index in [1.165, 1.54) is 5.56 Å². The molecule has 0 spiro atoms. The van der Waals surface area contributed by atoms with Crippen LogP contribution in [-0.4, -0.2) is 38.9 Å². The van der Waals surface area contributed by atoms with Crippen LogP contribution in [0.4, 0.5) is 0 Å². The van der Waals surface area contributed by atoms with E-state index in [9.17, 15) is 0 Å². The van der Waals surface area contributed by atoms with Crippen LogP contribution >= 0.6 is 24.0 Å². The minimum atomic E-state index is 0. The fourth-order valence-corrected chi connectivity index (χ4v) is 1.77. The number of aliphatic imine (C=N–C) groups is 1. The summed E-state index contributed by atoms with van der Waals surface area (Å²) in [6.07, 6.45) is 5.95. The molecule has 0 radical (unpaired) electrons. The monoisotopic (exact) mass is 417 g/mol. The number of hydrogen-bond donors (Lipinski definition) is 2. The van der Waals surface area contributed by atoms with E-state index in [0.29, 0.717) is 19.1 Å². The molecule has 1 rings (SSSR count). The van der Waals surface area contributed by atoms with Crippen LogP contribution in [0.2, 0.25) is 0 Å². The lowest BCUT2D eigenvalue weighted by atomic mass is 10.1.